The monoisotopic (exact) mass is 338 g/mol. The molecule has 0 aliphatic carbocycles. The van der Waals surface area contributed by atoms with Crippen molar-refractivity contribution in [3.8, 4) is 5.75 Å². The quantitative estimate of drug-likeness (QED) is 0.699. The van der Waals surface area contributed by atoms with Gasteiger partial charge in [0.2, 0.25) is 0 Å². The van der Waals surface area contributed by atoms with Gasteiger partial charge in [0.05, 0.1) is 12.7 Å². The molecular formula is C19H18N2O4. The third kappa shape index (κ3) is 3.63. The lowest BCUT2D eigenvalue weighted by Crippen LogP contribution is -2.29. The highest BCUT2D eigenvalue weighted by Crippen LogP contribution is 2.20. The molecule has 1 atom stereocenters. The summed E-state index contributed by atoms with van der Waals surface area (Å²) >= 11 is 0. The maximum atomic E-state index is 12.3. The van der Waals surface area contributed by atoms with E-state index >= 15 is 0 Å². The molecule has 0 aliphatic heterocycles. The minimum atomic E-state index is -0.938. The van der Waals surface area contributed by atoms with E-state index in [1.165, 1.54) is 6.92 Å². The van der Waals surface area contributed by atoms with Gasteiger partial charge in [-0.1, -0.05) is 24.3 Å². The van der Waals surface area contributed by atoms with E-state index in [9.17, 15) is 9.59 Å². The Labute approximate surface area is 144 Å². The van der Waals surface area contributed by atoms with Crippen LogP contribution in [0.1, 0.15) is 17.3 Å². The van der Waals surface area contributed by atoms with Crippen LogP contribution in [0.3, 0.4) is 0 Å². The number of carbonyl (C=O) groups is 2. The first-order chi connectivity index (χ1) is 12.1. The normalized spacial score (nSPS) is 11.8. The van der Waals surface area contributed by atoms with E-state index < -0.39 is 18.0 Å². The van der Waals surface area contributed by atoms with E-state index in [2.05, 4.69) is 10.3 Å². The number of anilines is 1. The van der Waals surface area contributed by atoms with E-state index in [-0.39, 0.29) is 0 Å². The molecule has 0 fully saturated rings. The van der Waals surface area contributed by atoms with Crippen LogP contribution >= 0.6 is 0 Å². The highest BCUT2D eigenvalue weighted by atomic mass is 16.5. The van der Waals surface area contributed by atoms with E-state index in [0.29, 0.717) is 17.0 Å². The molecule has 128 valence electrons. The summed E-state index contributed by atoms with van der Waals surface area (Å²) in [6, 6.07) is 14.4. The number of amides is 1. The highest BCUT2D eigenvalue weighted by Gasteiger charge is 2.21. The van der Waals surface area contributed by atoms with E-state index in [4.69, 9.17) is 9.47 Å². The van der Waals surface area contributed by atoms with Crippen LogP contribution in [0.5, 0.6) is 5.75 Å². The van der Waals surface area contributed by atoms with Crippen LogP contribution in [0, 0.1) is 0 Å². The van der Waals surface area contributed by atoms with E-state index in [0.717, 1.165) is 10.9 Å². The van der Waals surface area contributed by atoms with Crippen LogP contribution < -0.4 is 10.1 Å². The second-order valence-corrected chi connectivity index (χ2v) is 5.52. The number of hydrogen-bond donors (Lipinski definition) is 2. The Kier molecular flexibility index (Phi) is 4.70. The number of aromatic amines is 1. The number of hydrogen-bond acceptors (Lipinski definition) is 4. The molecule has 1 heterocycles. The molecule has 2 N–H and O–H groups in total. The Morgan fingerprint density at radius 1 is 1.12 bits per heavy atom. The summed E-state index contributed by atoms with van der Waals surface area (Å²) in [6.45, 7) is 1.53. The SMILES string of the molecule is COc1cccc(NC(=O)[C@@H](C)OC(=O)c2c[nH]c3ccccc23)c1. The lowest BCUT2D eigenvalue weighted by atomic mass is 10.2. The first-order valence-corrected chi connectivity index (χ1v) is 7.80. The molecule has 1 aromatic heterocycles. The summed E-state index contributed by atoms with van der Waals surface area (Å²) in [5, 5.41) is 3.46. The van der Waals surface area contributed by atoms with Crippen molar-refractivity contribution >= 4 is 28.5 Å². The van der Waals surface area contributed by atoms with E-state index in [1.54, 1.807) is 37.6 Å². The number of rotatable bonds is 5. The number of nitrogens with one attached hydrogen (secondary N) is 2. The number of ether oxygens (including phenoxy) is 2. The number of para-hydroxylation sites is 1. The van der Waals surface area contributed by atoms with Gasteiger partial charge in [-0.3, -0.25) is 4.79 Å². The number of esters is 1. The molecule has 0 spiro atoms. The summed E-state index contributed by atoms with van der Waals surface area (Å²) in [7, 11) is 1.55. The summed E-state index contributed by atoms with van der Waals surface area (Å²) < 4.78 is 10.4. The zero-order valence-electron chi connectivity index (χ0n) is 13.9. The molecule has 1 amide bonds. The number of fused-ring (bicyclic) bond motifs is 1. The lowest BCUT2D eigenvalue weighted by Gasteiger charge is -2.13. The van der Waals surface area contributed by atoms with Gasteiger partial charge < -0.3 is 19.8 Å². The molecule has 0 saturated heterocycles. The van der Waals surface area contributed by atoms with Crippen molar-refractivity contribution in [2.24, 2.45) is 0 Å². The van der Waals surface area contributed by atoms with Crippen LogP contribution in [0.15, 0.2) is 54.7 Å². The minimum Gasteiger partial charge on any atom is -0.497 e. The van der Waals surface area contributed by atoms with Crippen LogP contribution in [0.2, 0.25) is 0 Å². The Bertz CT molecular complexity index is 916. The number of aromatic nitrogens is 1. The summed E-state index contributed by atoms with van der Waals surface area (Å²) in [6.07, 6.45) is 0.645. The molecule has 3 rings (SSSR count). The third-order valence-electron chi connectivity index (χ3n) is 3.80. The van der Waals surface area contributed by atoms with Gasteiger partial charge in [-0.15, -0.1) is 0 Å². The molecule has 25 heavy (non-hydrogen) atoms. The van der Waals surface area contributed by atoms with Gasteiger partial charge in [0.15, 0.2) is 6.10 Å². The minimum absolute atomic E-state index is 0.400. The predicted molar refractivity (Wildman–Crippen MR) is 94.8 cm³/mol. The molecule has 0 aliphatic rings. The number of carbonyl (C=O) groups excluding carboxylic acids is 2. The second-order valence-electron chi connectivity index (χ2n) is 5.52. The van der Waals surface area contributed by atoms with Gasteiger partial charge >= 0.3 is 5.97 Å². The number of H-pyrrole nitrogens is 1. The standard InChI is InChI=1S/C19H18N2O4/c1-12(18(22)21-13-6-5-7-14(10-13)24-2)25-19(23)16-11-20-17-9-4-3-8-15(16)17/h3-12,20H,1-2H3,(H,21,22)/t12-/m1/s1. The largest absolute Gasteiger partial charge is 0.497 e. The Morgan fingerprint density at radius 3 is 2.72 bits per heavy atom. The summed E-state index contributed by atoms with van der Waals surface area (Å²) in [5.74, 6) is -0.339. The molecule has 6 heteroatoms. The van der Waals surface area contributed by atoms with Crippen molar-refractivity contribution in [1.29, 1.82) is 0 Å². The summed E-state index contributed by atoms with van der Waals surface area (Å²) in [5.41, 5.74) is 1.80. The summed E-state index contributed by atoms with van der Waals surface area (Å²) in [4.78, 5) is 27.6. The molecule has 0 bridgehead atoms. The fourth-order valence-electron chi connectivity index (χ4n) is 2.46. The molecule has 0 unspecified atom stereocenters. The van der Waals surface area contributed by atoms with Crippen molar-refractivity contribution in [2.75, 3.05) is 12.4 Å². The number of benzene rings is 2. The Balaban J connectivity index is 1.67. The predicted octanol–water partition coefficient (Wildman–Crippen LogP) is 3.36. The van der Waals surface area contributed by atoms with Crippen LogP contribution in [0.25, 0.3) is 10.9 Å². The van der Waals surface area contributed by atoms with Crippen molar-refractivity contribution in [3.63, 3.8) is 0 Å². The molecule has 0 saturated carbocycles. The van der Waals surface area contributed by atoms with Gasteiger partial charge in [-0.2, -0.15) is 0 Å². The second kappa shape index (κ2) is 7.09. The van der Waals surface area contributed by atoms with Gasteiger partial charge in [0, 0.05) is 28.9 Å². The lowest BCUT2D eigenvalue weighted by molar-refractivity contribution is -0.123. The molecule has 0 radical (unpaired) electrons. The number of methoxy groups -OCH3 is 1. The van der Waals surface area contributed by atoms with E-state index in [1.807, 2.05) is 24.3 Å². The Morgan fingerprint density at radius 2 is 1.92 bits per heavy atom. The van der Waals surface area contributed by atoms with Gasteiger partial charge in [-0.05, 0) is 25.1 Å². The van der Waals surface area contributed by atoms with Gasteiger partial charge in [0.25, 0.3) is 5.91 Å². The topological polar surface area (TPSA) is 80.4 Å². The van der Waals surface area contributed by atoms with Crippen molar-refractivity contribution in [3.05, 3.63) is 60.3 Å². The first kappa shape index (κ1) is 16.6. The van der Waals surface area contributed by atoms with Gasteiger partial charge in [0.1, 0.15) is 5.75 Å². The van der Waals surface area contributed by atoms with Crippen molar-refractivity contribution in [2.45, 2.75) is 13.0 Å². The van der Waals surface area contributed by atoms with Crippen LogP contribution in [-0.2, 0) is 9.53 Å². The zero-order valence-corrected chi connectivity index (χ0v) is 13.9. The fraction of sp³-hybridized carbons (Fsp3) is 0.158. The average Bonchev–Trinajstić information content (AvgIpc) is 3.06. The maximum absolute atomic E-state index is 12.3. The molecule has 6 nitrogen and oxygen atoms in total. The highest BCUT2D eigenvalue weighted by molar-refractivity contribution is 6.05. The average molecular weight is 338 g/mol. The first-order valence-electron chi connectivity index (χ1n) is 7.80. The van der Waals surface area contributed by atoms with Crippen LogP contribution in [-0.4, -0.2) is 30.1 Å². The third-order valence-corrected chi connectivity index (χ3v) is 3.80. The molecular weight excluding hydrogens is 320 g/mol. The zero-order chi connectivity index (χ0) is 17.8. The molecule has 2 aromatic carbocycles. The Hall–Kier alpha value is -3.28. The smallest absolute Gasteiger partial charge is 0.341 e. The molecule has 3 aromatic rings. The van der Waals surface area contributed by atoms with Crippen LogP contribution in [0.4, 0.5) is 5.69 Å². The maximum Gasteiger partial charge on any atom is 0.341 e. The van der Waals surface area contributed by atoms with Gasteiger partial charge in [-0.25, -0.2) is 4.79 Å². The van der Waals surface area contributed by atoms with Crippen molar-refractivity contribution in [1.82, 2.24) is 4.98 Å². The van der Waals surface area contributed by atoms with Crippen molar-refractivity contribution < 1.29 is 19.1 Å². The fourth-order valence-corrected chi connectivity index (χ4v) is 2.46.